The minimum atomic E-state index is 0.562. The summed E-state index contributed by atoms with van der Waals surface area (Å²) in [7, 11) is 0. The maximum atomic E-state index is 5.76. The summed E-state index contributed by atoms with van der Waals surface area (Å²) in [6.45, 7) is 3.39. The summed E-state index contributed by atoms with van der Waals surface area (Å²) >= 11 is 0. The molecule has 3 rings (SSSR count). The van der Waals surface area contributed by atoms with Crippen LogP contribution in [-0.2, 0) is 0 Å². The largest absolute Gasteiger partial charge is 0.384 e. The van der Waals surface area contributed by atoms with E-state index in [0.717, 1.165) is 24.8 Å². The molecule has 1 unspecified atom stereocenters. The van der Waals surface area contributed by atoms with Crippen molar-refractivity contribution in [2.75, 3.05) is 30.3 Å². The highest BCUT2D eigenvalue weighted by Gasteiger charge is 2.32. The molecule has 2 aliphatic rings. The summed E-state index contributed by atoms with van der Waals surface area (Å²) in [5, 5.41) is 3.48. The fourth-order valence-corrected chi connectivity index (χ4v) is 2.69. The molecule has 1 aromatic heterocycles. The summed E-state index contributed by atoms with van der Waals surface area (Å²) in [5.41, 5.74) is 5.76. The van der Waals surface area contributed by atoms with Crippen LogP contribution in [0.1, 0.15) is 25.7 Å². The minimum absolute atomic E-state index is 0.562. The Labute approximate surface area is 108 Å². The number of nitrogens with two attached hydrogens (primary N) is 1. The second-order valence-electron chi connectivity index (χ2n) is 5.40. The average molecular weight is 247 g/mol. The van der Waals surface area contributed by atoms with Crippen LogP contribution < -0.4 is 16.0 Å². The molecule has 1 atom stereocenters. The molecule has 1 aliphatic heterocycles. The first-order valence-corrected chi connectivity index (χ1v) is 6.88. The maximum absolute atomic E-state index is 5.76. The van der Waals surface area contributed by atoms with Gasteiger partial charge in [0.2, 0.25) is 0 Å². The van der Waals surface area contributed by atoms with Crippen LogP contribution in [0.3, 0.4) is 0 Å². The SMILES string of the molecule is Nc1cc(N(CC2CCCNC2)C2CC2)ncn1. The summed E-state index contributed by atoms with van der Waals surface area (Å²) in [6.07, 6.45) is 6.74. The zero-order valence-electron chi connectivity index (χ0n) is 10.7. The molecular weight excluding hydrogens is 226 g/mol. The van der Waals surface area contributed by atoms with Crippen LogP contribution in [0.2, 0.25) is 0 Å². The lowest BCUT2D eigenvalue weighted by atomic mass is 9.99. The van der Waals surface area contributed by atoms with Crippen molar-refractivity contribution in [3.8, 4) is 0 Å². The molecule has 0 spiro atoms. The average Bonchev–Trinajstić information content (AvgIpc) is 3.21. The number of nitrogens with zero attached hydrogens (tertiary/aromatic N) is 3. The van der Waals surface area contributed by atoms with Crippen LogP contribution in [0, 0.1) is 5.92 Å². The van der Waals surface area contributed by atoms with Crippen molar-refractivity contribution in [2.45, 2.75) is 31.7 Å². The Bertz CT molecular complexity index is 398. The van der Waals surface area contributed by atoms with Crippen LogP contribution in [0.25, 0.3) is 0 Å². The normalized spacial score (nSPS) is 23.9. The second kappa shape index (κ2) is 5.10. The van der Waals surface area contributed by atoms with Gasteiger partial charge in [-0.05, 0) is 44.7 Å². The molecule has 0 bridgehead atoms. The number of aromatic nitrogens is 2. The van der Waals surface area contributed by atoms with Gasteiger partial charge in [0.1, 0.15) is 18.0 Å². The first-order chi connectivity index (χ1) is 8.83. The molecule has 3 N–H and O–H groups in total. The van der Waals surface area contributed by atoms with E-state index in [0.29, 0.717) is 11.9 Å². The van der Waals surface area contributed by atoms with Crippen molar-refractivity contribution >= 4 is 11.6 Å². The van der Waals surface area contributed by atoms with E-state index >= 15 is 0 Å². The van der Waals surface area contributed by atoms with E-state index in [4.69, 9.17) is 5.73 Å². The van der Waals surface area contributed by atoms with E-state index in [9.17, 15) is 0 Å². The lowest BCUT2D eigenvalue weighted by molar-refractivity contribution is 0.375. The van der Waals surface area contributed by atoms with Gasteiger partial charge in [-0.3, -0.25) is 0 Å². The van der Waals surface area contributed by atoms with E-state index in [1.165, 1.54) is 32.2 Å². The number of piperidine rings is 1. The third-order valence-corrected chi connectivity index (χ3v) is 3.81. The van der Waals surface area contributed by atoms with Crippen molar-refractivity contribution in [3.05, 3.63) is 12.4 Å². The third kappa shape index (κ3) is 2.72. The van der Waals surface area contributed by atoms with Gasteiger partial charge in [-0.25, -0.2) is 9.97 Å². The van der Waals surface area contributed by atoms with Gasteiger partial charge in [-0.15, -0.1) is 0 Å². The first-order valence-electron chi connectivity index (χ1n) is 6.88. The summed E-state index contributed by atoms with van der Waals surface area (Å²) < 4.78 is 0. The van der Waals surface area contributed by atoms with Crippen LogP contribution >= 0.6 is 0 Å². The quantitative estimate of drug-likeness (QED) is 0.831. The van der Waals surface area contributed by atoms with Gasteiger partial charge < -0.3 is 16.0 Å². The highest BCUT2D eigenvalue weighted by molar-refractivity contribution is 5.47. The molecule has 0 aromatic carbocycles. The molecule has 1 saturated carbocycles. The van der Waals surface area contributed by atoms with E-state index in [-0.39, 0.29) is 0 Å². The zero-order chi connectivity index (χ0) is 12.4. The summed E-state index contributed by atoms with van der Waals surface area (Å²) in [6, 6.07) is 2.57. The first kappa shape index (κ1) is 11.7. The van der Waals surface area contributed by atoms with E-state index in [2.05, 4.69) is 20.2 Å². The molecule has 1 aliphatic carbocycles. The van der Waals surface area contributed by atoms with Crippen LogP contribution in [0.15, 0.2) is 12.4 Å². The Hall–Kier alpha value is -1.36. The minimum Gasteiger partial charge on any atom is -0.384 e. The van der Waals surface area contributed by atoms with Crippen molar-refractivity contribution < 1.29 is 0 Å². The Kier molecular flexibility index (Phi) is 3.32. The fraction of sp³-hybridized carbons (Fsp3) is 0.692. The van der Waals surface area contributed by atoms with Gasteiger partial charge >= 0.3 is 0 Å². The third-order valence-electron chi connectivity index (χ3n) is 3.81. The Morgan fingerprint density at radius 2 is 2.22 bits per heavy atom. The van der Waals surface area contributed by atoms with Gasteiger partial charge in [0.05, 0.1) is 0 Å². The van der Waals surface area contributed by atoms with E-state index < -0.39 is 0 Å². The molecule has 18 heavy (non-hydrogen) atoms. The smallest absolute Gasteiger partial charge is 0.134 e. The highest BCUT2D eigenvalue weighted by Crippen LogP contribution is 2.32. The molecule has 0 radical (unpaired) electrons. The molecule has 5 heteroatoms. The van der Waals surface area contributed by atoms with Crippen LogP contribution in [0.5, 0.6) is 0 Å². The molecule has 5 nitrogen and oxygen atoms in total. The van der Waals surface area contributed by atoms with Crippen molar-refractivity contribution in [1.82, 2.24) is 15.3 Å². The Morgan fingerprint density at radius 3 is 2.89 bits per heavy atom. The predicted octanol–water partition coefficient (Wildman–Crippen LogP) is 1.03. The summed E-state index contributed by atoms with van der Waals surface area (Å²) in [5.74, 6) is 2.29. The number of hydrogen-bond donors (Lipinski definition) is 2. The van der Waals surface area contributed by atoms with Crippen molar-refractivity contribution in [3.63, 3.8) is 0 Å². The summed E-state index contributed by atoms with van der Waals surface area (Å²) in [4.78, 5) is 10.8. The highest BCUT2D eigenvalue weighted by atomic mass is 15.2. The maximum Gasteiger partial charge on any atom is 0.134 e. The number of nitrogens with one attached hydrogen (secondary N) is 1. The van der Waals surface area contributed by atoms with Crippen molar-refractivity contribution in [1.29, 1.82) is 0 Å². The van der Waals surface area contributed by atoms with Gasteiger partial charge in [0.15, 0.2) is 0 Å². The molecule has 2 heterocycles. The van der Waals surface area contributed by atoms with E-state index in [1.54, 1.807) is 6.33 Å². The van der Waals surface area contributed by atoms with Crippen LogP contribution in [-0.4, -0.2) is 35.6 Å². The van der Waals surface area contributed by atoms with Gasteiger partial charge in [-0.2, -0.15) is 0 Å². The van der Waals surface area contributed by atoms with Crippen molar-refractivity contribution in [2.24, 2.45) is 5.92 Å². The monoisotopic (exact) mass is 247 g/mol. The van der Waals surface area contributed by atoms with Gasteiger partial charge in [-0.1, -0.05) is 0 Å². The number of hydrogen-bond acceptors (Lipinski definition) is 5. The number of anilines is 2. The standard InChI is InChI=1S/C13H21N5/c14-12-6-13(17-9-16-12)18(11-3-4-11)8-10-2-1-5-15-7-10/h6,9-11,15H,1-5,7-8H2,(H2,14,16,17). The molecule has 98 valence electrons. The lowest BCUT2D eigenvalue weighted by Gasteiger charge is -2.31. The van der Waals surface area contributed by atoms with Gasteiger partial charge in [0.25, 0.3) is 0 Å². The topological polar surface area (TPSA) is 67.1 Å². The molecular formula is C13H21N5. The Balaban J connectivity index is 1.71. The number of nitrogen functional groups attached to an aromatic ring is 1. The molecule has 2 fully saturated rings. The zero-order valence-corrected chi connectivity index (χ0v) is 10.7. The predicted molar refractivity (Wildman–Crippen MR) is 72.4 cm³/mol. The fourth-order valence-electron chi connectivity index (χ4n) is 2.69. The molecule has 1 aromatic rings. The second-order valence-corrected chi connectivity index (χ2v) is 5.40. The molecule has 0 amide bonds. The molecule has 1 saturated heterocycles. The van der Waals surface area contributed by atoms with Crippen LogP contribution in [0.4, 0.5) is 11.6 Å². The lowest BCUT2D eigenvalue weighted by Crippen LogP contribution is -2.39. The number of rotatable bonds is 4. The Morgan fingerprint density at radius 1 is 1.33 bits per heavy atom. The van der Waals surface area contributed by atoms with E-state index in [1.807, 2.05) is 6.07 Å². The van der Waals surface area contributed by atoms with Gasteiger partial charge in [0, 0.05) is 18.7 Å².